The van der Waals surface area contributed by atoms with E-state index in [0.29, 0.717) is 33.6 Å². The SMILES string of the molecule is CC(C)=CCCC(C)C1CCC2(C)C3=C(CCC12C)C1(C)CCC(O)C(C)(C)C1CC3.Nc1ccc(C(=O)Oc2ccccc2)c(O)c1. The molecule has 2 saturated carbocycles. The van der Waals surface area contributed by atoms with Crippen LogP contribution in [0.1, 0.15) is 130 Å². The fourth-order valence-electron chi connectivity index (χ4n) is 10.8. The van der Waals surface area contributed by atoms with Gasteiger partial charge in [0.05, 0.1) is 6.10 Å². The average molecular weight is 656 g/mol. The van der Waals surface area contributed by atoms with Gasteiger partial charge < -0.3 is 20.7 Å². The molecule has 0 spiro atoms. The molecule has 0 heterocycles. The largest absolute Gasteiger partial charge is 0.507 e. The second kappa shape index (κ2) is 13.7. The van der Waals surface area contributed by atoms with Crippen LogP contribution in [0.15, 0.2) is 71.3 Å². The second-order valence-corrected chi connectivity index (χ2v) is 17.1. The van der Waals surface area contributed by atoms with Crippen molar-refractivity contribution in [2.75, 3.05) is 5.73 Å². The number of carbonyl (C=O) groups excluding carboxylic acids is 1. The van der Waals surface area contributed by atoms with Crippen LogP contribution in [0.5, 0.6) is 11.5 Å². The number of para-hydroxylation sites is 1. The molecule has 2 aromatic carbocycles. The first-order valence-electron chi connectivity index (χ1n) is 18.4. The quantitative estimate of drug-likeness (QED) is 0.125. The molecule has 262 valence electrons. The molecule has 7 unspecified atom stereocenters. The summed E-state index contributed by atoms with van der Waals surface area (Å²) in [7, 11) is 0. The monoisotopic (exact) mass is 655 g/mol. The molecule has 4 aliphatic rings. The van der Waals surface area contributed by atoms with Crippen LogP contribution in [0.2, 0.25) is 0 Å². The first kappa shape index (κ1) is 36.2. The Morgan fingerprint density at radius 3 is 2.33 bits per heavy atom. The van der Waals surface area contributed by atoms with Crippen molar-refractivity contribution in [3.05, 3.63) is 76.9 Å². The third-order valence-electron chi connectivity index (χ3n) is 13.9. The molecule has 48 heavy (non-hydrogen) atoms. The number of benzene rings is 2. The third-order valence-corrected chi connectivity index (χ3v) is 13.9. The number of anilines is 1. The fraction of sp³-hybridized carbons (Fsp3) is 0.605. The molecule has 7 atom stereocenters. The molecule has 4 N–H and O–H groups in total. The smallest absolute Gasteiger partial charge is 0.347 e. The van der Waals surface area contributed by atoms with Gasteiger partial charge in [-0.05, 0) is 142 Å². The van der Waals surface area contributed by atoms with Gasteiger partial charge in [-0.1, -0.05) is 82.5 Å². The van der Waals surface area contributed by atoms with E-state index in [1.165, 1.54) is 81.6 Å². The molecule has 0 bridgehead atoms. The Bertz CT molecular complexity index is 1540. The van der Waals surface area contributed by atoms with Gasteiger partial charge in [-0.15, -0.1) is 0 Å². The first-order chi connectivity index (χ1) is 22.5. The lowest BCUT2D eigenvalue weighted by molar-refractivity contribution is -0.0962. The highest BCUT2D eigenvalue weighted by molar-refractivity contribution is 5.94. The summed E-state index contributed by atoms with van der Waals surface area (Å²) in [5.41, 5.74) is 12.4. The summed E-state index contributed by atoms with van der Waals surface area (Å²) in [6, 6.07) is 12.9. The number of nitrogen functional groups attached to an aromatic ring is 1. The predicted octanol–water partition coefficient (Wildman–Crippen LogP) is 10.7. The number of nitrogens with two attached hydrogens (primary N) is 1. The van der Waals surface area contributed by atoms with Crippen LogP contribution in [0.3, 0.4) is 0 Å². The van der Waals surface area contributed by atoms with Crippen molar-refractivity contribution in [1.29, 1.82) is 0 Å². The molecule has 4 aliphatic carbocycles. The molecule has 0 radical (unpaired) electrons. The van der Waals surface area contributed by atoms with Crippen molar-refractivity contribution in [2.24, 2.45) is 39.4 Å². The van der Waals surface area contributed by atoms with Crippen molar-refractivity contribution in [3.8, 4) is 11.5 Å². The van der Waals surface area contributed by atoms with Crippen molar-refractivity contribution >= 4 is 11.7 Å². The van der Waals surface area contributed by atoms with Gasteiger partial charge in [-0.2, -0.15) is 0 Å². The van der Waals surface area contributed by atoms with E-state index in [0.717, 1.165) is 18.3 Å². The highest BCUT2D eigenvalue weighted by atomic mass is 16.5. The maximum atomic E-state index is 11.7. The topological polar surface area (TPSA) is 92.8 Å². The molecule has 2 aromatic rings. The van der Waals surface area contributed by atoms with Crippen LogP contribution in [-0.4, -0.2) is 22.3 Å². The summed E-state index contributed by atoms with van der Waals surface area (Å²) in [5.74, 6) is 1.94. The molecule has 0 aromatic heterocycles. The van der Waals surface area contributed by atoms with E-state index in [-0.39, 0.29) is 22.8 Å². The summed E-state index contributed by atoms with van der Waals surface area (Å²) in [6.07, 6.45) is 15.2. The molecular weight excluding hydrogens is 594 g/mol. The number of aromatic hydroxyl groups is 1. The molecular formula is C43H61NO4. The number of allylic oxidation sites excluding steroid dienone is 4. The van der Waals surface area contributed by atoms with E-state index in [4.69, 9.17) is 10.5 Å². The summed E-state index contributed by atoms with van der Waals surface area (Å²) in [4.78, 5) is 11.7. The first-order valence-corrected chi connectivity index (χ1v) is 18.4. The zero-order valence-corrected chi connectivity index (χ0v) is 30.9. The number of hydrogen-bond acceptors (Lipinski definition) is 5. The van der Waals surface area contributed by atoms with E-state index < -0.39 is 5.97 Å². The van der Waals surface area contributed by atoms with Crippen LogP contribution in [0.25, 0.3) is 0 Å². The summed E-state index contributed by atoms with van der Waals surface area (Å²) in [5, 5.41) is 20.4. The second-order valence-electron chi connectivity index (χ2n) is 17.1. The highest BCUT2D eigenvalue weighted by Gasteiger charge is 2.63. The van der Waals surface area contributed by atoms with E-state index >= 15 is 0 Å². The number of hydrogen-bond donors (Lipinski definition) is 3. The maximum absolute atomic E-state index is 11.7. The number of fused-ring (bicyclic) bond motifs is 4. The minimum absolute atomic E-state index is 0.0465. The van der Waals surface area contributed by atoms with Gasteiger partial charge in [0, 0.05) is 11.8 Å². The zero-order chi connectivity index (χ0) is 35.1. The summed E-state index contributed by atoms with van der Waals surface area (Å²) in [6.45, 7) is 19.6. The maximum Gasteiger partial charge on any atom is 0.347 e. The van der Waals surface area contributed by atoms with Crippen molar-refractivity contribution in [3.63, 3.8) is 0 Å². The van der Waals surface area contributed by atoms with Crippen LogP contribution in [0, 0.1) is 39.4 Å². The zero-order valence-electron chi connectivity index (χ0n) is 30.9. The van der Waals surface area contributed by atoms with Gasteiger partial charge in [0.25, 0.3) is 0 Å². The molecule has 0 amide bonds. The molecule has 6 rings (SSSR count). The number of phenols is 1. The van der Waals surface area contributed by atoms with Crippen molar-refractivity contribution in [1.82, 2.24) is 0 Å². The number of carbonyl (C=O) groups is 1. The Balaban J connectivity index is 0.000000224. The Morgan fingerprint density at radius 2 is 1.67 bits per heavy atom. The number of rotatable bonds is 6. The van der Waals surface area contributed by atoms with Gasteiger partial charge >= 0.3 is 5.97 Å². The van der Waals surface area contributed by atoms with Crippen LogP contribution in [0.4, 0.5) is 5.69 Å². The minimum Gasteiger partial charge on any atom is -0.507 e. The molecule has 5 nitrogen and oxygen atoms in total. The predicted molar refractivity (Wildman–Crippen MR) is 197 cm³/mol. The third kappa shape index (κ3) is 6.49. The lowest BCUT2D eigenvalue weighted by Gasteiger charge is -2.62. The Kier molecular flexibility index (Phi) is 10.3. The lowest BCUT2D eigenvalue weighted by atomic mass is 9.43. The lowest BCUT2D eigenvalue weighted by Crippen LogP contribution is -2.55. The molecule has 2 fully saturated rings. The standard InChI is InChI=1S/C30H50O.C13H11NO3/c1-20(2)10-9-11-21(3)22-14-18-30(8)24-12-13-25-27(4,5)26(31)16-17-28(25,6)23(24)15-19-29(22,30)7;14-9-6-7-11(12(15)8-9)13(16)17-10-4-2-1-3-5-10/h10,21-22,25-26,31H,9,11-19H2,1-8H3;1-8,15H,14H2. The van der Waals surface area contributed by atoms with E-state index in [2.05, 4.69) is 61.5 Å². The number of esters is 1. The normalized spacial score (nSPS) is 32.5. The minimum atomic E-state index is -0.617. The Labute approximate surface area is 290 Å². The highest BCUT2D eigenvalue weighted by Crippen LogP contribution is 2.72. The van der Waals surface area contributed by atoms with Gasteiger partial charge in [-0.3, -0.25) is 0 Å². The average Bonchev–Trinajstić information content (AvgIpc) is 3.31. The summed E-state index contributed by atoms with van der Waals surface area (Å²) >= 11 is 0. The van der Waals surface area contributed by atoms with Gasteiger partial charge in [0.2, 0.25) is 0 Å². The van der Waals surface area contributed by atoms with Gasteiger partial charge in [0.1, 0.15) is 17.1 Å². The molecule has 5 heteroatoms. The Hall–Kier alpha value is -3.05. The summed E-state index contributed by atoms with van der Waals surface area (Å²) < 4.78 is 5.08. The number of aliphatic hydroxyl groups is 1. The number of phenolic OH excluding ortho intramolecular Hbond substituents is 1. The van der Waals surface area contributed by atoms with Crippen LogP contribution in [-0.2, 0) is 0 Å². The van der Waals surface area contributed by atoms with Gasteiger partial charge in [-0.25, -0.2) is 4.79 Å². The number of aliphatic hydroxyl groups excluding tert-OH is 1. The van der Waals surface area contributed by atoms with Crippen molar-refractivity contribution in [2.45, 2.75) is 126 Å². The molecule has 0 saturated heterocycles. The van der Waals surface area contributed by atoms with E-state index in [1.807, 2.05) is 17.2 Å². The fourth-order valence-corrected chi connectivity index (χ4v) is 10.8. The van der Waals surface area contributed by atoms with Crippen LogP contribution < -0.4 is 10.5 Å². The van der Waals surface area contributed by atoms with Crippen molar-refractivity contribution < 1.29 is 19.7 Å². The van der Waals surface area contributed by atoms with Gasteiger partial charge in [0.15, 0.2) is 0 Å². The van der Waals surface area contributed by atoms with Crippen LogP contribution >= 0.6 is 0 Å². The van der Waals surface area contributed by atoms with E-state index in [9.17, 15) is 15.0 Å². The molecule has 0 aliphatic heterocycles. The number of ether oxygens (including phenoxy) is 1. The Morgan fingerprint density at radius 1 is 0.958 bits per heavy atom. The van der Waals surface area contributed by atoms with E-state index in [1.54, 1.807) is 24.3 Å².